The molecule has 0 radical (unpaired) electrons. The van der Waals surface area contributed by atoms with Crippen LogP contribution < -0.4 is 10.7 Å². The van der Waals surface area contributed by atoms with Crippen molar-refractivity contribution in [2.45, 2.75) is 19.5 Å². The van der Waals surface area contributed by atoms with Crippen molar-refractivity contribution in [2.24, 2.45) is 0 Å². The molecule has 1 fully saturated rings. The minimum atomic E-state index is -0.235. The third-order valence-electron chi connectivity index (χ3n) is 4.73. The minimum absolute atomic E-state index is 0.151. The van der Waals surface area contributed by atoms with Crippen LogP contribution in [0.1, 0.15) is 12.0 Å². The van der Waals surface area contributed by atoms with E-state index in [-0.39, 0.29) is 41.2 Å². The van der Waals surface area contributed by atoms with Crippen LogP contribution in [0.2, 0.25) is 0 Å². The van der Waals surface area contributed by atoms with Crippen LogP contribution in [0, 0.1) is 0 Å². The molecule has 152 valence electrons. The molecule has 1 N–H and O–H groups in total. The Labute approximate surface area is 175 Å². The van der Waals surface area contributed by atoms with Crippen molar-refractivity contribution in [3.63, 3.8) is 0 Å². The summed E-state index contributed by atoms with van der Waals surface area (Å²) in [5.74, 6) is -0.188. The minimum Gasteiger partial charge on any atom is -0.326 e. The Balaban J connectivity index is 1.36. The van der Waals surface area contributed by atoms with E-state index in [1.54, 1.807) is 47.1 Å². The van der Waals surface area contributed by atoms with Gasteiger partial charge in [-0.05, 0) is 29.8 Å². The molecular formula is C21H18N4O4S. The maximum Gasteiger partial charge on any atom is 0.289 e. The summed E-state index contributed by atoms with van der Waals surface area (Å²) in [5.41, 5.74) is 1.96. The highest BCUT2D eigenvalue weighted by Crippen LogP contribution is 2.22. The number of imide groups is 1. The molecule has 2 aromatic carbocycles. The van der Waals surface area contributed by atoms with Crippen LogP contribution in [0.5, 0.6) is 0 Å². The second kappa shape index (κ2) is 8.50. The molecular weight excluding hydrogens is 404 g/mol. The molecule has 1 aromatic heterocycles. The number of amides is 3. The smallest absolute Gasteiger partial charge is 0.289 e. The lowest BCUT2D eigenvalue weighted by Gasteiger charge is -2.13. The molecule has 2 heterocycles. The molecule has 0 bridgehead atoms. The van der Waals surface area contributed by atoms with Crippen molar-refractivity contribution in [3.05, 3.63) is 70.5 Å². The van der Waals surface area contributed by atoms with Crippen molar-refractivity contribution in [2.75, 3.05) is 11.1 Å². The van der Waals surface area contributed by atoms with Crippen LogP contribution in [0.15, 0.2) is 59.5 Å². The summed E-state index contributed by atoms with van der Waals surface area (Å²) < 4.78 is 1.64. The fourth-order valence-corrected chi connectivity index (χ4v) is 3.90. The monoisotopic (exact) mass is 422 g/mol. The molecule has 30 heavy (non-hydrogen) atoms. The van der Waals surface area contributed by atoms with Crippen LogP contribution in [0.3, 0.4) is 0 Å². The number of rotatable bonds is 6. The number of fused-ring (bicyclic) bond motifs is 1. The average Bonchev–Trinajstić information content (AvgIpc) is 3.07. The van der Waals surface area contributed by atoms with Crippen molar-refractivity contribution < 1.29 is 14.4 Å². The second-order valence-corrected chi connectivity index (χ2v) is 7.71. The van der Waals surface area contributed by atoms with Gasteiger partial charge in [-0.25, -0.2) is 0 Å². The lowest BCUT2D eigenvalue weighted by atomic mass is 10.2. The van der Waals surface area contributed by atoms with Gasteiger partial charge in [-0.3, -0.25) is 28.8 Å². The first kappa shape index (κ1) is 19.8. The Bertz CT molecular complexity index is 1170. The Morgan fingerprint density at radius 2 is 1.83 bits per heavy atom. The first-order chi connectivity index (χ1) is 14.5. The van der Waals surface area contributed by atoms with Gasteiger partial charge < -0.3 is 5.32 Å². The lowest BCUT2D eigenvalue weighted by Crippen LogP contribution is -2.27. The van der Waals surface area contributed by atoms with Gasteiger partial charge in [-0.1, -0.05) is 36.0 Å². The number of thioether (sulfide) groups is 1. The fraction of sp³-hybridized carbons (Fsp3) is 0.190. The Morgan fingerprint density at radius 3 is 2.57 bits per heavy atom. The number of aromatic nitrogens is 2. The predicted molar refractivity (Wildman–Crippen MR) is 114 cm³/mol. The van der Waals surface area contributed by atoms with E-state index in [1.807, 2.05) is 6.07 Å². The fourth-order valence-electron chi connectivity index (χ4n) is 3.18. The van der Waals surface area contributed by atoms with Crippen molar-refractivity contribution >= 4 is 45.4 Å². The number of hydrogen-bond acceptors (Lipinski definition) is 6. The predicted octanol–water partition coefficient (Wildman–Crippen LogP) is 2.62. The molecule has 0 aliphatic carbocycles. The zero-order valence-corrected chi connectivity index (χ0v) is 16.7. The topological polar surface area (TPSA) is 101 Å². The Kier molecular flexibility index (Phi) is 5.62. The van der Waals surface area contributed by atoms with Crippen LogP contribution >= 0.6 is 11.8 Å². The van der Waals surface area contributed by atoms with E-state index in [4.69, 9.17) is 0 Å². The van der Waals surface area contributed by atoms with Gasteiger partial charge in [0.05, 0.1) is 30.6 Å². The largest absolute Gasteiger partial charge is 0.326 e. The number of aryl methyl sites for hydroxylation is 1. The third-order valence-corrected chi connectivity index (χ3v) is 5.59. The molecule has 1 aliphatic rings. The number of carbonyl (C=O) groups is 3. The van der Waals surface area contributed by atoms with E-state index in [0.717, 1.165) is 17.3 Å². The number of carbonyl (C=O) groups excluding carboxylic acids is 3. The van der Waals surface area contributed by atoms with Crippen LogP contribution in [0.25, 0.3) is 10.9 Å². The van der Waals surface area contributed by atoms with Crippen LogP contribution in [-0.4, -0.2) is 37.5 Å². The van der Waals surface area contributed by atoms with E-state index >= 15 is 0 Å². The first-order valence-corrected chi connectivity index (χ1v) is 10.3. The molecule has 1 aliphatic heterocycles. The summed E-state index contributed by atoms with van der Waals surface area (Å²) in [7, 11) is 0. The highest BCUT2D eigenvalue weighted by Gasteiger charge is 2.29. The SMILES string of the molecule is O=C(CCn1ncc(=O)c2ccccc21)Nc1ccc(CN2C(=O)CSC2=O)cc1. The van der Waals surface area contributed by atoms with Crippen LogP contribution in [-0.2, 0) is 22.7 Å². The van der Waals surface area contributed by atoms with Crippen molar-refractivity contribution in [3.8, 4) is 0 Å². The molecule has 0 spiro atoms. The van der Waals surface area contributed by atoms with Crippen LogP contribution in [0.4, 0.5) is 10.5 Å². The molecule has 3 aromatic rings. The third kappa shape index (κ3) is 4.25. The maximum absolute atomic E-state index is 12.3. The van der Waals surface area contributed by atoms with Gasteiger partial charge >= 0.3 is 0 Å². The molecule has 0 atom stereocenters. The second-order valence-electron chi connectivity index (χ2n) is 6.78. The molecule has 8 nitrogen and oxygen atoms in total. The Morgan fingerprint density at radius 1 is 1.07 bits per heavy atom. The van der Waals surface area contributed by atoms with E-state index < -0.39 is 0 Å². The summed E-state index contributed by atoms with van der Waals surface area (Å²) in [6.45, 7) is 0.561. The number of anilines is 1. The Hall–Kier alpha value is -3.46. The molecule has 0 saturated carbocycles. The first-order valence-electron chi connectivity index (χ1n) is 9.32. The standard InChI is InChI=1S/C21H18N4O4S/c26-18-11-22-25(17-4-2-1-3-16(17)18)10-9-19(27)23-15-7-5-14(6-8-15)12-24-20(28)13-30-21(24)29/h1-8,11H,9-10,12-13H2,(H,23,27). The van der Waals surface area contributed by atoms with Gasteiger partial charge in [0.15, 0.2) is 0 Å². The molecule has 4 rings (SSSR count). The van der Waals surface area contributed by atoms with E-state index in [9.17, 15) is 19.2 Å². The van der Waals surface area contributed by atoms with E-state index in [0.29, 0.717) is 23.1 Å². The van der Waals surface area contributed by atoms with Gasteiger partial charge in [0, 0.05) is 17.5 Å². The maximum atomic E-state index is 12.3. The molecule has 0 unspecified atom stereocenters. The van der Waals surface area contributed by atoms with Gasteiger partial charge in [0.1, 0.15) is 0 Å². The highest BCUT2D eigenvalue weighted by molar-refractivity contribution is 8.14. The lowest BCUT2D eigenvalue weighted by molar-refractivity contribution is -0.125. The van der Waals surface area contributed by atoms with Gasteiger partial charge in [0.2, 0.25) is 17.2 Å². The molecule has 3 amide bonds. The number of nitrogens with zero attached hydrogens (tertiary/aromatic N) is 3. The van der Waals surface area contributed by atoms with Crippen molar-refractivity contribution in [1.82, 2.24) is 14.7 Å². The summed E-state index contributed by atoms with van der Waals surface area (Å²) in [4.78, 5) is 48.8. The van der Waals surface area contributed by atoms with E-state index in [2.05, 4.69) is 10.4 Å². The normalized spacial score (nSPS) is 13.8. The summed E-state index contributed by atoms with van der Waals surface area (Å²) >= 11 is 1.01. The number of para-hydroxylation sites is 1. The zero-order chi connectivity index (χ0) is 21.1. The van der Waals surface area contributed by atoms with Gasteiger partial charge in [-0.15, -0.1) is 0 Å². The van der Waals surface area contributed by atoms with Gasteiger partial charge in [-0.2, -0.15) is 5.10 Å². The van der Waals surface area contributed by atoms with Gasteiger partial charge in [0.25, 0.3) is 5.24 Å². The summed E-state index contributed by atoms with van der Waals surface area (Å²) in [6.07, 6.45) is 1.45. The summed E-state index contributed by atoms with van der Waals surface area (Å²) in [5, 5.41) is 7.27. The van der Waals surface area contributed by atoms with E-state index in [1.165, 1.54) is 11.1 Å². The summed E-state index contributed by atoms with van der Waals surface area (Å²) in [6, 6.07) is 14.2. The highest BCUT2D eigenvalue weighted by atomic mass is 32.2. The number of nitrogens with one attached hydrogen (secondary N) is 1. The van der Waals surface area contributed by atoms with Crippen molar-refractivity contribution in [1.29, 1.82) is 0 Å². The number of hydrogen-bond donors (Lipinski definition) is 1. The molecule has 1 saturated heterocycles. The number of benzene rings is 2. The zero-order valence-electron chi connectivity index (χ0n) is 15.9. The quantitative estimate of drug-likeness (QED) is 0.655. The molecule has 9 heteroatoms. The average molecular weight is 422 g/mol.